The lowest BCUT2D eigenvalue weighted by atomic mass is 10.1. The number of carbonyl (C=O) groups is 1. The molecule has 1 atom stereocenters. The van der Waals surface area contributed by atoms with Crippen LogP contribution in [0.5, 0.6) is 0 Å². The van der Waals surface area contributed by atoms with Crippen LogP contribution in [0.15, 0.2) is 12.2 Å². The Bertz CT molecular complexity index is 185. The van der Waals surface area contributed by atoms with Crippen LogP contribution in [0.3, 0.4) is 0 Å². The predicted molar refractivity (Wildman–Crippen MR) is 53.6 cm³/mol. The van der Waals surface area contributed by atoms with Crippen LogP contribution < -0.4 is 5.32 Å². The van der Waals surface area contributed by atoms with E-state index in [2.05, 4.69) is 11.9 Å². The molecule has 0 amide bonds. The van der Waals surface area contributed by atoms with E-state index in [0.717, 1.165) is 18.1 Å². The van der Waals surface area contributed by atoms with Gasteiger partial charge in [-0.05, 0) is 12.5 Å². The van der Waals surface area contributed by atoms with Crippen LogP contribution in [0.2, 0.25) is 0 Å². The van der Waals surface area contributed by atoms with Gasteiger partial charge in [0.25, 0.3) is 0 Å². The molecular weight excluding hydrogens is 170 g/mol. The largest absolute Gasteiger partial charge is 0.312 e. The van der Waals surface area contributed by atoms with E-state index in [4.69, 9.17) is 0 Å². The Morgan fingerprint density at radius 3 is 3.00 bits per heavy atom. The number of Topliss-reactive ketones (excluding diaryl/α,β-unsaturated/α-hetero) is 1. The molecule has 68 valence electrons. The Labute approximate surface area is 77.8 Å². The van der Waals surface area contributed by atoms with E-state index < -0.39 is 0 Å². The zero-order valence-electron chi connectivity index (χ0n) is 7.43. The highest BCUT2D eigenvalue weighted by atomic mass is 32.2. The molecule has 1 aliphatic rings. The quantitative estimate of drug-likeness (QED) is 0.670. The van der Waals surface area contributed by atoms with E-state index in [9.17, 15) is 4.79 Å². The number of nitrogens with one attached hydrogen (secondary N) is 1. The lowest BCUT2D eigenvalue weighted by Crippen LogP contribution is -2.38. The SMILES string of the molecule is C=C(C)C(=O)CC1CSCCN1. The minimum Gasteiger partial charge on any atom is -0.312 e. The topological polar surface area (TPSA) is 29.1 Å². The first-order valence-electron chi connectivity index (χ1n) is 4.20. The van der Waals surface area contributed by atoms with Gasteiger partial charge in [0.05, 0.1) is 0 Å². The van der Waals surface area contributed by atoms with Crippen molar-refractivity contribution in [1.29, 1.82) is 0 Å². The molecule has 1 unspecified atom stereocenters. The van der Waals surface area contributed by atoms with Gasteiger partial charge in [-0.25, -0.2) is 0 Å². The fourth-order valence-electron chi connectivity index (χ4n) is 1.15. The molecule has 0 aromatic carbocycles. The summed E-state index contributed by atoms with van der Waals surface area (Å²) in [5.41, 5.74) is 0.673. The molecule has 3 heteroatoms. The van der Waals surface area contributed by atoms with E-state index in [1.807, 2.05) is 11.8 Å². The van der Waals surface area contributed by atoms with Crippen molar-refractivity contribution in [1.82, 2.24) is 5.32 Å². The van der Waals surface area contributed by atoms with E-state index in [0.29, 0.717) is 18.0 Å². The second-order valence-corrected chi connectivity index (χ2v) is 4.28. The van der Waals surface area contributed by atoms with E-state index in [1.54, 1.807) is 6.92 Å². The minimum atomic E-state index is 0.190. The Morgan fingerprint density at radius 2 is 2.50 bits per heavy atom. The Hall–Kier alpha value is -0.280. The first-order valence-corrected chi connectivity index (χ1v) is 5.35. The summed E-state index contributed by atoms with van der Waals surface area (Å²) in [5.74, 6) is 2.41. The lowest BCUT2D eigenvalue weighted by Gasteiger charge is -2.22. The second kappa shape index (κ2) is 4.67. The third-order valence-corrected chi connectivity index (χ3v) is 3.04. The average molecular weight is 185 g/mol. The van der Waals surface area contributed by atoms with Crippen molar-refractivity contribution in [3.8, 4) is 0 Å². The molecular formula is C9H15NOS. The summed E-state index contributed by atoms with van der Waals surface area (Å²) in [6.07, 6.45) is 0.613. The van der Waals surface area contributed by atoms with Gasteiger partial charge < -0.3 is 5.32 Å². The first kappa shape index (κ1) is 9.81. The number of hydrogen-bond donors (Lipinski definition) is 1. The molecule has 2 nitrogen and oxygen atoms in total. The highest BCUT2D eigenvalue weighted by Crippen LogP contribution is 2.11. The van der Waals surface area contributed by atoms with E-state index in [-0.39, 0.29) is 5.78 Å². The Morgan fingerprint density at radius 1 is 1.75 bits per heavy atom. The molecule has 0 bridgehead atoms. The minimum absolute atomic E-state index is 0.190. The molecule has 0 saturated carbocycles. The Balaban J connectivity index is 2.29. The standard InChI is InChI=1S/C9H15NOS/c1-7(2)9(11)5-8-6-12-4-3-10-8/h8,10H,1,3-6H2,2H3. The van der Waals surface area contributed by atoms with Crippen LogP contribution in [0.25, 0.3) is 0 Å². The maximum Gasteiger partial charge on any atom is 0.159 e. The smallest absolute Gasteiger partial charge is 0.159 e. The van der Waals surface area contributed by atoms with Crippen LogP contribution in [-0.2, 0) is 4.79 Å². The summed E-state index contributed by atoms with van der Waals surface area (Å²) in [5, 5.41) is 3.32. The number of carbonyl (C=O) groups excluding carboxylic acids is 1. The van der Waals surface area contributed by atoms with Crippen molar-refractivity contribution in [2.24, 2.45) is 0 Å². The number of thioether (sulfide) groups is 1. The van der Waals surface area contributed by atoms with Gasteiger partial charge in [-0.15, -0.1) is 0 Å². The Kier molecular flexibility index (Phi) is 3.82. The molecule has 1 saturated heterocycles. The number of rotatable bonds is 3. The van der Waals surface area contributed by atoms with Gasteiger partial charge in [0, 0.05) is 30.5 Å². The molecule has 1 heterocycles. The number of hydrogen-bond acceptors (Lipinski definition) is 3. The summed E-state index contributed by atoms with van der Waals surface area (Å²) in [4.78, 5) is 11.3. The van der Waals surface area contributed by atoms with Crippen LogP contribution in [0.1, 0.15) is 13.3 Å². The van der Waals surface area contributed by atoms with Crippen molar-refractivity contribution in [2.75, 3.05) is 18.1 Å². The maximum absolute atomic E-state index is 11.3. The zero-order valence-corrected chi connectivity index (χ0v) is 8.25. The third-order valence-electron chi connectivity index (χ3n) is 1.91. The summed E-state index contributed by atoms with van der Waals surface area (Å²) in [7, 11) is 0. The summed E-state index contributed by atoms with van der Waals surface area (Å²) < 4.78 is 0. The van der Waals surface area contributed by atoms with Gasteiger partial charge in [0.2, 0.25) is 0 Å². The first-order chi connectivity index (χ1) is 5.70. The molecule has 0 aromatic rings. The van der Waals surface area contributed by atoms with Crippen molar-refractivity contribution >= 4 is 17.5 Å². The number of ketones is 1. The predicted octanol–water partition coefficient (Wildman–Crippen LogP) is 1.23. The van der Waals surface area contributed by atoms with Gasteiger partial charge in [0.1, 0.15) is 0 Å². The van der Waals surface area contributed by atoms with Crippen molar-refractivity contribution in [3.63, 3.8) is 0 Å². The van der Waals surface area contributed by atoms with Crippen molar-refractivity contribution < 1.29 is 4.79 Å². The van der Waals surface area contributed by atoms with E-state index in [1.165, 1.54) is 0 Å². The monoisotopic (exact) mass is 185 g/mol. The molecule has 1 N–H and O–H groups in total. The molecule has 0 aromatic heterocycles. The maximum atomic E-state index is 11.3. The van der Waals surface area contributed by atoms with Crippen LogP contribution in [-0.4, -0.2) is 29.9 Å². The molecule has 0 aliphatic carbocycles. The van der Waals surface area contributed by atoms with Crippen LogP contribution in [0, 0.1) is 0 Å². The van der Waals surface area contributed by atoms with Gasteiger partial charge >= 0.3 is 0 Å². The van der Waals surface area contributed by atoms with Gasteiger partial charge in [0.15, 0.2) is 5.78 Å². The van der Waals surface area contributed by atoms with Gasteiger partial charge in [-0.3, -0.25) is 4.79 Å². The molecule has 1 fully saturated rings. The summed E-state index contributed by atoms with van der Waals surface area (Å²) in [6.45, 7) is 6.44. The lowest BCUT2D eigenvalue weighted by molar-refractivity contribution is -0.115. The van der Waals surface area contributed by atoms with Crippen molar-refractivity contribution in [2.45, 2.75) is 19.4 Å². The normalized spacial score (nSPS) is 23.6. The summed E-state index contributed by atoms with van der Waals surface area (Å²) in [6, 6.07) is 0.368. The van der Waals surface area contributed by atoms with Gasteiger partial charge in [-0.1, -0.05) is 6.58 Å². The number of allylic oxidation sites excluding steroid dienone is 1. The highest BCUT2D eigenvalue weighted by molar-refractivity contribution is 7.99. The third kappa shape index (κ3) is 2.99. The molecule has 1 aliphatic heterocycles. The van der Waals surface area contributed by atoms with E-state index >= 15 is 0 Å². The molecule has 0 spiro atoms. The zero-order chi connectivity index (χ0) is 8.97. The molecule has 12 heavy (non-hydrogen) atoms. The summed E-state index contributed by atoms with van der Waals surface area (Å²) >= 11 is 1.91. The molecule has 1 rings (SSSR count). The fourth-order valence-corrected chi connectivity index (χ4v) is 2.10. The molecule has 0 radical (unpaired) electrons. The van der Waals surface area contributed by atoms with Crippen LogP contribution >= 0.6 is 11.8 Å². The van der Waals surface area contributed by atoms with Crippen LogP contribution in [0.4, 0.5) is 0 Å². The average Bonchev–Trinajstić information content (AvgIpc) is 2.06. The van der Waals surface area contributed by atoms with Gasteiger partial charge in [-0.2, -0.15) is 11.8 Å². The van der Waals surface area contributed by atoms with Crippen molar-refractivity contribution in [3.05, 3.63) is 12.2 Å². The fraction of sp³-hybridized carbons (Fsp3) is 0.667. The highest BCUT2D eigenvalue weighted by Gasteiger charge is 2.16. The second-order valence-electron chi connectivity index (χ2n) is 3.13.